The van der Waals surface area contributed by atoms with Gasteiger partial charge in [0, 0.05) is 12.3 Å². The third-order valence-electron chi connectivity index (χ3n) is 2.31. The second-order valence-corrected chi connectivity index (χ2v) is 3.67. The van der Waals surface area contributed by atoms with E-state index < -0.39 is 17.7 Å². The lowest BCUT2D eigenvalue weighted by Crippen LogP contribution is -2.08. The third kappa shape index (κ3) is 2.71. The Morgan fingerprint density at radius 3 is 2.78 bits per heavy atom. The molecule has 1 heterocycles. The molecule has 0 fully saturated rings. The van der Waals surface area contributed by atoms with Gasteiger partial charge in [-0.05, 0) is 25.1 Å². The van der Waals surface area contributed by atoms with Gasteiger partial charge in [0.15, 0.2) is 11.6 Å². The Morgan fingerprint density at radius 1 is 1.28 bits per heavy atom. The van der Waals surface area contributed by atoms with Gasteiger partial charge >= 0.3 is 0 Å². The fourth-order valence-electron chi connectivity index (χ4n) is 1.43. The van der Waals surface area contributed by atoms with Crippen LogP contribution in [0.2, 0.25) is 0 Å². The molecule has 0 saturated heterocycles. The van der Waals surface area contributed by atoms with Crippen molar-refractivity contribution in [1.29, 1.82) is 0 Å². The van der Waals surface area contributed by atoms with E-state index in [1.165, 1.54) is 6.20 Å². The van der Waals surface area contributed by atoms with Gasteiger partial charge in [0.2, 0.25) is 5.95 Å². The zero-order valence-electron chi connectivity index (χ0n) is 9.60. The molecule has 0 saturated carbocycles. The van der Waals surface area contributed by atoms with Crippen LogP contribution < -0.4 is 10.5 Å². The molecule has 0 spiro atoms. The molecule has 0 aliphatic carbocycles. The van der Waals surface area contributed by atoms with E-state index >= 15 is 0 Å². The lowest BCUT2D eigenvalue weighted by Gasteiger charge is -2.14. The van der Waals surface area contributed by atoms with Gasteiger partial charge in [-0.2, -0.15) is 0 Å². The van der Waals surface area contributed by atoms with Crippen LogP contribution in [0.15, 0.2) is 30.5 Å². The van der Waals surface area contributed by atoms with E-state index in [1.807, 2.05) is 0 Å². The summed E-state index contributed by atoms with van der Waals surface area (Å²) in [4.78, 5) is 7.68. The van der Waals surface area contributed by atoms with E-state index in [-0.39, 0.29) is 11.7 Å². The number of halogens is 2. The van der Waals surface area contributed by atoms with Crippen LogP contribution in [-0.2, 0) is 0 Å². The molecule has 2 rings (SSSR count). The Labute approximate surface area is 102 Å². The smallest absolute Gasteiger partial charge is 0.220 e. The first-order valence-corrected chi connectivity index (χ1v) is 5.26. The molecule has 0 unspecified atom stereocenters. The Balaban J connectivity index is 2.21. The summed E-state index contributed by atoms with van der Waals surface area (Å²) in [6, 6.07) is 4.61. The van der Waals surface area contributed by atoms with Crippen LogP contribution in [0, 0.1) is 11.6 Å². The van der Waals surface area contributed by atoms with Crippen molar-refractivity contribution < 1.29 is 13.5 Å². The highest BCUT2D eigenvalue weighted by molar-refractivity contribution is 5.26. The maximum atomic E-state index is 13.4. The van der Waals surface area contributed by atoms with Crippen molar-refractivity contribution in [1.82, 2.24) is 9.97 Å². The van der Waals surface area contributed by atoms with Crippen LogP contribution in [0.5, 0.6) is 5.75 Å². The zero-order chi connectivity index (χ0) is 13.1. The molecule has 2 N–H and O–H groups in total. The normalized spacial score (nSPS) is 12.2. The predicted molar refractivity (Wildman–Crippen MR) is 61.8 cm³/mol. The molecule has 0 amide bonds. The SMILES string of the molecule is C[C@@H](Oc1cc(F)ccc1F)c1ccnc(N)n1. The van der Waals surface area contributed by atoms with E-state index in [4.69, 9.17) is 10.5 Å². The van der Waals surface area contributed by atoms with Gasteiger partial charge in [-0.1, -0.05) is 0 Å². The summed E-state index contributed by atoms with van der Waals surface area (Å²) in [5.41, 5.74) is 5.92. The maximum Gasteiger partial charge on any atom is 0.220 e. The van der Waals surface area contributed by atoms with E-state index in [9.17, 15) is 8.78 Å². The largest absolute Gasteiger partial charge is 0.481 e. The first-order valence-electron chi connectivity index (χ1n) is 5.26. The number of rotatable bonds is 3. The monoisotopic (exact) mass is 251 g/mol. The van der Waals surface area contributed by atoms with Crippen molar-refractivity contribution in [2.24, 2.45) is 0 Å². The number of nitrogen functional groups attached to an aromatic ring is 1. The highest BCUT2D eigenvalue weighted by Gasteiger charge is 2.13. The van der Waals surface area contributed by atoms with Crippen molar-refractivity contribution in [2.45, 2.75) is 13.0 Å². The molecule has 94 valence electrons. The summed E-state index contributed by atoms with van der Waals surface area (Å²) in [7, 11) is 0. The van der Waals surface area contributed by atoms with Crippen molar-refractivity contribution in [3.05, 3.63) is 47.8 Å². The summed E-state index contributed by atoms with van der Waals surface area (Å²) >= 11 is 0. The number of aromatic nitrogens is 2. The quantitative estimate of drug-likeness (QED) is 0.910. The summed E-state index contributed by atoms with van der Waals surface area (Å²) in [5, 5.41) is 0. The molecule has 0 radical (unpaired) electrons. The fourth-order valence-corrected chi connectivity index (χ4v) is 1.43. The Kier molecular flexibility index (Phi) is 3.36. The highest BCUT2D eigenvalue weighted by atomic mass is 19.1. The molecule has 0 bridgehead atoms. The second-order valence-electron chi connectivity index (χ2n) is 3.67. The van der Waals surface area contributed by atoms with Crippen LogP contribution >= 0.6 is 0 Å². The lowest BCUT2D eigenvalue weighted by atomic mass is 10.2. The van der Waals surface area contributed by atoms with E-state index in [2.05, 4.69) is 9.97 Å². The van der Waals surface area contributed by atoms with Gasteiger partial charge in [0.05, 0.1) is 5.69 Å². The summed E-state index contributed by atoms with van der Waals surface area (Å²) in [5.74, 6) is -1.27. The maximum absolute atomic E-state index is 13.4. The minimum atomic E-state index is -0.634. The van der Waals surface area contributed by atoms with Gasteiger partial charge < -0.3 is 10.5 Å². The van der Waals surface area contributed by atoms with Crippen LogP contribution in [0.25, 0.3) is 0 Å². The first-order chi connectivity index (χ1) is 8.56. The third-order valence-corrected chi connectivity index (χ3v) is 2.31. The lowest BCUT2D eigenvalue weighted by molar-refractivity contribution is 0.210. The number of anilines is 1. The topological polar surface area (TPSA) is 61.0 Å². The Hall–Kier alpha value is -2.24. The molecule has 4 nitrogen and oxygen atoms in total. The van der Waals surface area contributed by atoms with E-state index in [0.717, 1.165) is 18.2 Å². The molecule has 1 aromatic heterocycles. The minimum absolute atomic E-state index is 0.0997. The van der Waals surface area contributed by atoms with Gasteiger partial charge in [0.1, 0.15) is 11.9 Å². The standard InChI is InChI=1S/C12H11F2N3O/c1-7(10-4-5-16-12(15)17-10)18-11-6-8(13)2-3-9(11)14/h2-7H,1H3,(H2,15,16,17)/t7-/m1/s1. The molecule has 2 aromatic rings. The first kappa shape index (κ1) is 12.2. The van der Waals surface area contributed by atoms with Crippen LogP contribution in [0.1, 0.15) is 18.7 Å². The van der Waals surface area contributed by atoms with E-state index in [1.54, 1.807) is 13.0 Å². The molecule has 0 aliphatic rings. The molecule has 1 atom stereocenters. The summed E-state index contributed by atoms with van der Waals surface area (Å²) in [6.45, 7) is 1.66. The average molecular weight is 251 g/mol. The van der Waals surface area contributed by atoms with Crippen molar-refractivity contribution in [3.8, 4) is 5.75 Å². The van der Waals surface area contributed by atoms with Gasteiger partial charge in [-0.25, -0.2) is 18.7 Å². The number of ether oxygens (including phenoxy) is 1. The Morgan fingerprint density at radius 2 is 2.06 bits per heavy atom. The van der Waals surface area contributed by atoms with Gasteiger partial charge in [0.25, 0.3) is 0 Å². The zero-order valence-corrected chi connectivity index (χ0v) is 9.60. The molecule has 18 heavy (non-hydrogen) atoms. The number of hydrogen-bond donors (Lipinski definition) is 1. The molecular weight excluding hydrogens is 240 g/mol. The van der Waals surface area contributed by atoms with Crippen LogP contribution in [0.3, 0.4) is 0 Å². The van der Waals surface area contributed by atoms with Crippen molar-refractivity contribution in [3.63, 3.8) is 0 Å². The Bertz CT molecular complexity index is 563. The second kappa shape index (κ2) is 4.95. The molecule has 6 heteroatoms. The number of hydrogen-bond acceptors (Lipinski definition) is 4. The highest BCUT2D eigenvalue weighted by Crippen LogP contribution is 2.24. The molecule has 0 aliphatic heterocycles. The van der Waals surface area contributed by atoms with Crippen LogP contribution in [-0.4, -0.2) is 9.97 Å². The van der Waals surface area contributed by atoms with Crippen LogP contribution in [0.4, 0.5) is 14.7 Å². The van der Waals surface area contributed by atoms with E-state index in [0.29, 0.717) is 5.69 Å². The van der Waals surface area contributed by atoms with Crippen molar-refractivity contribution in [2.75, 3.05) is 5.73 Å². The van der Waals surface area contributed by atoms with Crippen molar-refractivity contribution >= 4 is 5.95 Å². The summed E-state index contributed by atoms with van der Waals surface area (Å²) < 4.78 is 31.7. The summed E-state index contributed by atoms with van der Waals surface area (Å²) in [6.07, 6.45) is 0.908. The minimum Gasteiger partial charge on any atom is -0.481 e. The predicted octanol–water partition coefficient (Wildman–Crippen LogP) is 2.48. The number of nitrogens with zero attached hydrogens (tertiary/aromatic N) is 2. The average Bonchev–Trinajstić information content (AvgIpc) is 2.34. The number of nitrogens with two attached hydrogens (primary N) is 1. The van der Waals surface area contributed by atoms with Gasteiger partial charge in [-0.3, -0.25) is 0 Å². The molecule has 1 aromatic carbocycles. The fraction of sp³-hybridized carbons (Fsp3) is 0.167. The van der Waals surface area contributed by atoms with Gasteiger partial charge in [-0.15, -0.1) is 0 Å². The molecular formula is C12H11F2N3O. The number of benzene rings is 1.